The van der Waals surface area contributed by atoms with Crippen LogP contribution in [0.25, 0.3) is 5.57 Å². The van der Waals surface area contributed by atoms with Crippen molar-refractivity contribution in [2.75, 3.05) is 19.7 Å². The maximum Gasteiger partial charge on any atom is 0.278 e. The summed E-state index contributed by atoms with van der Waals surface area (Å²) in [6.07, 6.45) is 2.09. The van der Waals surface area contributed by atoms with Gasteiger partial charge in [0.05, 0.1) is 12.2 Å². The standard InChI is InChI=1S/C21H28N2O3/c1-5-26-17-8-6-16(7-9-17)18-19(22-12-10-15(4)11-13-22)21(25)23(14(2)3)20(18)24/h6-9,14-15H,5,10-13H2,1-4H3. The number of hydrogen-bond donors (Lipinski definition) is 0. The number of amides is 2. The number of carbonyl (C=O) groups is 2. The first-order valence-electron chi connectivity index (χ1n) is 9.54. The molecule has 2 heterocycles. The predicted octanol–water partition coefficient (Wildman–Crippen LogP) is 3.31. The Kier molecular flexibility index (Phi) is 5.35. The Morgan fingerprint density at radius 1 is 1.08 bits per heavy atom. The molecule has 1 aromatic rings. The molecule has 0 bridgehead atoms. The summed E-state index contributed by atoms with van der Waals surface area (Å²) in [5.74, 6) is 1.07. The van der Waals surface area contributed by atoms with E-state index in [1.165, 1.54) is 4.90 Å². The molecule has 0 N–H and O–H groups in total. The second-order valence-corrected chi connectivity index (χ2v) is 7.42. The fraction of sp³-hybridized carbons (Fsp3) is 0.524. The molecule has 1 saturated heterocycles. The Balaban J connectivity index is 2.02. The monoisotopic (exact) mass is 356 g/mol. The topological polar surface area (TPSA) is 49.9 Å². The van der Waals surface area contributed by atoms with Gasteiger partial charge in [0, 0.05) is 19.1 Å². The van der Waals surface area contributed by atoms with Crippen LogP contribution in [0.1, 0.15) is 46.1 Å². The molecule has 0 saturated carbocycles. The minimum atomic E-state index is -0.192. The summed E-state index contributed by atoms with van der Waals surface area (Å²) >= 11 is 0. The van der Waals surface area contributed by atoms with Crippen LogP contribution in [0.5, 0.6) is 5.75 Å². The van der Waals surface area contributed by atoms with Gasteiger partial charge in [0.25, 0.3) is 11.8 Å². The first-order valence-corrected chi connectivity index (χ1v) is 9.54. The van der Waals surface area contributed by atoms with Crippen molar-refractivity contribution in [3.63, 3.8) is 0 Å². The summed E-state index contributed by atoms with van der Waals surface area (Å²) in [6, 6.07) is 7.31. The van der Waals surface area contributed by atoms with Crippen molar-refractivity contribution in [2.24, 2.45) is 5.92 Å². The van der Waals surface area contributed by atoms with E-state index in [9.17, 15) is 9.59 Å². The van der Waals surface area contributed by atoms with Crippen molar-refractivity contribution in [1.82, 2.24) is 9.80 Å². The number of nitrogens with zero attached hydrogens (tertiary/aromatic N) is 2. The molecule has 3 rings (SSSR count). The van der Waals surface area contributed by atoms with Gasteiger partial charge in [-0.25, -0.2) is 0 Å². The van der Waals surface area contributed by atoms with Gasteiger partial charge < -0.3 is 9.64 Å². The third-order valence-electron chi connectivity index (χ3n) is 5.16. The van der Waals surface area contributed by atoms with Crippen LogP contribution in [0.3, 0.4) is 0 Å². The maximum atomic E-state index is 13.1. The maximum absolute atomic E-state index is 13.1. The van der Waals surface area contributed by atoms with E-state index >= 15 is 0 Å². The summed E-state index contributed by atoms with van der Waals surface area (Å²) in [5.41, 5.74) is 1.88. The van der Waals surface area contributed by atoms with Gasteiger partial charge in [-0.2, -0.15) is 0 Å². The van der Waals surface area contributed by atoms with Crippen molar-refractivity contribution in [3.8, 4) is 5.75 Å². The molecule has 0 aromatic heterocycles. The SMILES string of the molecule is CCOc1ccc(C2=C(N3CCC(C)CC3)C(=O)N(C(C)C)C2=O)cc1. The molecular weight excluding hydrogens is 328 g/mol. The van der Waals surface area contributed by atoms with Gasteiger partial charge in [-0.3, -0.25) is 14.5 Å². The number of carbonyl (C=O) groups excluding carboxylic acids is 2. The Morgan fingerprint density at radius 2 is 1.69 bits per heavy atom. The van der Waals surface area contributed by atoms with E-state index < -0.39 is 0 Å². The lowest BCUT2D eigenvalue weighted by atomic mass is 9.97. The Morgan fingerprint density at radius 3 is 2.23 bits per heavy atom. The fourth-order valence-corrected chi connectivity index (χ4v) is 3.67. The third kappa shape index (κ3) is 3.35. The zero-order valence-corrected chi connectivity index (χ0v) is 16.1. The minimum absolute atomic E-state index is 0.158. The van der Waals surface area contributed by atoms with E-state index in [0.29, 0.717) is 23.8 Å². The average Bonchev–Trinajstić information content (AvgIpc) is 2.87. The van der Waals surface area contributed by atoms with Crippen LogP contribution in [0.15, 0.2) is 30.0 Å². The summed E-state index contributed by atoms with van der Waals surface area (Å²) in [7, 11) is 0. The quantitative estimate of drug-likeness (QED) is 0.760. The van der Waals surface area contributed by atoms with E-state index in [2.05, 4.69) is 11.8 Å². The second-order valence-electron chi connectivity index (χ2n) is 7.42. The zero-order chi connectivity index (χ0) is 18.8. The molecule has 5 heteroatoms. The number of hydrogen-bond acceptors (Lipinski definition) is 4. The molecule has 0 aliphatic carbocycles. The highest BCUT2D eigenvalue weighted by molar-refractivity contribution is 6.35. The summed E-state index contributed by atoms with van der Waals surface area (Å²) in [4.78, 5) is 29.6. The molecule has 2 aliphatic heterocycles. The predicted molar refractivity (Wildman–Crippen MR) is 101 cm³/mol. The van der Waals surface area contributed by atoms with Crippen molar-refractivity contribution in [2.45, 2.75) is 46.6 Å². The van der Waals surface area contributed by atoms with Crippen LogP contribution in [0, 0.1) is 5.92 Å². The van der Waals surface area contributed by atoms with Crippen LogP contribution >= 0.6 is 0 Å². The van der Waals surface area contributed by atoms with E-state index in [-0.39, 0.29) is 17.9 Å². The molecule has 0 spiro atoms. The molecule has 2 aliphatic rings. The molecule has 26 heavy (non-hydrogen) atoms. The summed E-state index contributed by atoms with van der Waals surface area (Å²) in [5, 5.41) is 0. The molecule has 140 valence electrons. The molecule has 1 aromatic carbocycles. The Hall–Kier alpha value is -2.30. The van der Waals surface area contributed by atoms with Crippen LogP contribution in [-0.4, -0.2) is 47.4 Å². The molecule has 0 unspecified atom stereocenters. The molecule has 0 atom stereocenters. The number of rotatable bonds is 5. The number of piperidine rings is 1. The fourth-order valence-electron chi connectivity index (χ4n) is 3.67. The van der Waals surface area contributed by atoms with E-state index in [0.717, 1.165) is 37.2 Å². The highest BCUT2D eigenvalue weighted by Gasteiger charge is 2.43. The van der Waals surface area contributed by atoms with Gasteiger partial charge in [-0.05, 0) is 57.2 Å². The second kappa shape index (κ2) is 7.52. The van der Waals surface area contributed by atoms with Gasteiger partial charge in [0.2, 0.25) is 0 Å². The smallest absolute Gasteiger partial charge is 0.278 e. The molecule has 1 fully saturated rings. The van der Waals surface area contributed by atoms with E-state index in [1.807, 2.05) is 45.0 Å². The first-order chi connectivity index (χ1) is 12.4. The number of likely N-dealkylation sites (tertiary alicyclic amines) is 1. The number of ether oxygens (including phenoxy) is 1. The molecule has 0 radical (unpaired) electrons. The van der Waals surface area contributed by atoms with Crippen molar-refractivity contribution in [1.29, 1.82) is 0 Å². The van der Waals surface area contributed by atoms with Crippen LogP contribution < -0.4 is 4.74 Å². The molecule has 5 nitrogen and oxygen atoms in total. The van der Waals surface area contributed by atoms with Gasteiger partial charge in [-0.15, -0.1) is 0 Å². The lowest BCUT2D eigenvalue weighted by molar-refractivity contribution is -0.139. The van der Waals surface area contributed by atoms with Crippen molar-refractivity contribution >= 4 is 17.4 Å². The lowest BCUT2D eigenvalue weighted by Gasteiger charge is -2.33. The van der Waals surface area contributed by atoms with Gasteiger partial charge in [0.1, 0.15) is 11.4 Å². The molecule has 2 amide bonds. The Bertz CT molecular complexity index is 713. The minimum Gasteiger partial charge on any atom is -0.494 e. The largest absolute Gasteiger partial charge is 0.494 e. The Labute approximate surface area is 155 Å². The van der Waals surface area contributed by atoms with Crippen LogP contribution in [-0.2, 0) is 9.59 Å². The summed E-state index contributed by atoms with van der Waals surface area (Å²) < 4.78 is 5.50. The summed E-state index contributed by atoms with van der Waals surface area (Å²) in [6.45, 7) is 10.2. The van der Waals surface area contributed by atoms with Crippen molar-refractivity contribution in [3.05, 3.63) is 35.5 Å². The normalized spacial score (nSPS) is 19.1. The number of benzene rings is 1. The van der Waals surface area contributed by atoms with Crippen LogP contribution in [0.4, 0.5) is 0 Å². The van der Waals surface area contributed by atoms with Crippen molar-refractivity contribution < 1.29 is 14.3 Å². The zero-order valence-electron chi connectivity index (χ0n) is 16.1. The highest BCUT2D eigenvalue weighted by Crippen LogP contribution is 2.35. The first kappa shape index (κ1) is 18.5. The molecular formula is C21H28N2O3. The van der Waals surface area contributed by atoms with Gasteiger partial charge in [0.15, 0.2) is 0 Å². The lowest BCUT2D eigenvalue weighted by Crippen LogP contribution is -2.41. The average molecular weight is 356 g/mol. The van der Waals surface area contributed by atoms with E-state index in [1.54, 1.807) is 0 Å². The van der Waals surface area contributed by atoms with Gasteiger partial charge >= 0.3 is 0 Å². The van der Waals surface area contributed by atoms with Crippen LogP contribution in [0.2, 0.25) is 0 Å². The highest BCUT2D eigenvalue weighted by atomic mass is 16.5. The van der Waals surface area contributed by atoms with E-state index in [4.69, 9.17) is 4.74 Å². The third-order valence-corrected chi connectivity index (χ3v) is 5.16. The number of imide groups is 1. The van der Waals surface area contributed by atoms with Gasteiger partial charge in [-0.1, -0.05) is 19.1 Å².